The van der Waals surface area contributed by atoms with Gasteiger partial charge >= 0.3 is 11.9 Å². The van der Waals surface area contributed by atoms with Gasteiger partial charge in [-0.25, -0.2) is 9.59 Å². The van der Waals surface area contributed by atoms with Crippen LogP contribution in [0, 0.1) is 69.2 Å². The molecule has 0 unspecified atom stereocenters. The summed E-state index contributed by atoms with van der Waals surface area (Å²) in [6.45, 7) is 21.3. The quantitative estimate of drug-likeness (QED) is 0.273. The van der Waals surface area contributed by atoms with E-state index in [9.17, 15) is 9.59 Å². The normalized spacial score (nSPS) is 11.2. The average Bonchev–Trinajstić information content (AvgIpc) is 2.79. The SMILES string of the molecule is CCC(OOC(=O)c1c(C)c(C)c(C)c(C)c1C)OOC(=O)c1c(C)c(C)c(C)c(C)c1C. The Kier molecular flexibility index (Phi) is 8.44. The highest BCUT2D eigenvalue weighted by molar-refractivity contribution is 5.94. The van der Waals surface area contributed by atoms with Gasteiger partial charge in [-0.15, -0.1) is 9.78 Å². The van der Waals surface area contributed by atoms with Gasteiger partial charge in [0.2, 0.25) is 6.29 Å². The standard InChI is InChI=1S/C27H36O6/c1-12-23(30-32-26(28)24-19(8)15(4)13(2)16(5)20(24)9)31-33-27(29)25-21(10)17(6)14(3)18(7)22(25)11/h23H,12H2,1-11H3. The summed E-state index contributed by atoms with van der Waals surface area (Å²) in [5.41, 5.74) is 10.8. The van der Waals surface area contributed by atoms with Gasteiger partial charge < -0.3 is 0 Å². The Morgan fingerprint density at radius 2 is 0.758 bits per heavy atom. The van der Waals surface area contributed by atoms with E-state index >= 15 is 0 Å². The Labute approximate surface area is 197 Å². The van der Waals surface area contributed by atoms with Gasteiger partial charge in [-0.1, -0.05) is 6.92 Å². The Morgan fingerprint density at radius 3 is 1.00 bits per heavy atom. The highest BCUT2D eigenvalue weighted by atomic mass is 17.3. The molecule has 2 rings (SSSR count). The van der Waals surface area contributed by atoms with E-state index in [-0.39, 0.29) is 0 Å². The molecule has 6 nitrogen and oxygen atoms in total. The molecule has 0 saturated heterocycles. The van der Waals surface area contributed by atoms with Crippen LogP contribution in [0.25, 0.3) is 0 Å². The first-order valence-corrected chi connectivity index (χ1v) is 11.2. The summed E-state index contributed by atoms with van der Waals surface area (Å²) in [5, 5.41) is 0. The summed E-state index contributed by atoms with van der Waals surface area (Å²) in [4.78, 5) is 46.1. The minimum absolute atomic E-state index is 0.300. The van der Waals surface area contributed by atoms with E-state index in [2.05, 4.69) is 0 Å². The van der Waals surface area contributed by atoms with E-state index in [1.165, 1.54) is 0 Å². The Morgan fingerprint density at radius 1 is 0.515 bits per heavy atom. The minimum Gasteiger partial charge on any atom is -0.290 e. The summed E-state index contributed by atoms with van der Waals surface area (Å²) in [7, 11) is 0. The van der Waals surface area contributed by atoms with Crippen LogP contribution in [0.3, 0.4) is 0 Å². The van der Waals surface area contributed by atoms with E-state index in [0.717, 1.165) is 55.6 Å². The Bertz CT molecular complexity index is 953. The van der Waals surface area contributed by atoms with Gasteiger partial charge in [0.05, 0.1) is 11.1 Å². The third-order valence-electron chi connectivity index (χ3n) is 7.20. The molecular weight excluding hydrogens is 420 g/mol. The molecule has 2 aromatic rings. The van der Waals surface area contributed by atoms with Gasteiger partial charge in [-0.05, 0) is 125 Å². The zero-order valence-corrected chi connectivity index (χ0v) is 21.7. The maximum Gasteiger partial charge on any atom is 0.373 e. The molecule has 0 aliphatic carbocycles. The molecular formula is C27H36O6. The van der Waals surface area contributed by atoms with Gasteiger partial charge in [0, 0.05) is 6.42 Å². The summed E-state index contributed by atoms with van der Waals surface area (Å²) < 4.78 is 0. The second-order valence-corrected chi connectivity index (χ2v) is 8.77. The molecule has 0 atom stereocenters. The summed E-state index contributed by atoms with van der Waals surface area (Å²) in [5.74, 6) is -1.22. The van der Waals surface area contributed by atoms with Crippen molar-refractivity contribution in [1.29, 1.82) is 0 Å². The zero-order valence-electron chi connectivity index (χ0n) is 21.7. The van der Waals surface area contributed by atoms with Crippen molar-refractivity contribution in [2.45, 2.75) is 88.9 Å². The molecule has 0 bridgehead atoms. The third kappa shape index (κ3) is 5.12. The minimum atomic E-state index is -1.06. The smallest absolute Gasteiger partial charge is 0.290 e. The van der Waals surface area contributed by atoms with Crippen LogP contribution in [-0.2, 0) is 19.6 Å². The Hall–Kier alpha value is -2.70. The molecule has 6 heteroatoms. The van der Waals surface area contributed by atoms with Crippen molar-refractivity contribution in [2.75, 3.05) is 0 Å². The Balaban J connectivity index is 2.12. The lowest BCUT2D eigenvalue weighted by molar-refractivity contribution is -0.420. The molecule has 180 valence electrons. The van der Waals surface area contributed by atoms with Gasteiger partial charge in [-0.3, -0.25) is 9.78 Å². The van der Waals surface area contributed by atoms with Gasteiger partial charge in [0.25, 0.3) is 0 Å². The molecule has 0 radical (unpaired) electrons. The molecule has 2 aromatic carbocycles. The fourth-order valence-corrected chi connectivity index (χ4v) is 4.04. The molecule has 0 aliphatic heterocycles. The van der Waals surface area contributed by atoms with Crippen LogP contribution < -0.4 is 0 Å². The van der Waals surface area contributed by atoms with Gasteiger partial charge in [0.15, 0.2) is 0 Å². The van der Waals surface area contributed by atoms with Crippen molar-refractivity contribution in [1.82, 2.24) is 0 Å². The number of carbonyl (C=O) groups excluding carboxylic acids is 2. The van der Waals surface area contributed by atoms with Crippen molar-refractivity contribution in [2.24, 2.45) is 0 Å². The van der Waals surface area contributed by atoms with Crippen molar-refractivity contribution < 1.29 is 29.1 Å². The lowest BCUT2D eigenvalue weighted by atomic mass is 9.90. The summed E-state index contributed by atoms with van der Waals surface area (Å²) >= 11 is 0. The molecule has 33 heavy (non-hydrogen) atoms. The number of benzene rings is 2. The highest BCUT2D eigenvalue weighted by Gasteiger charge is 2.24. The van der Waals surface area contributed by atoms with E-state index in [1.807, 2.05) is 69.2 Å². The number of carbonyl (C=O) groups is 2. The maximum absolute atomic E-state index is 12.8. The number of hydrogen-bond acceptors (Lipinski definition) is 6. The van der Waals surface area contributed by atoms with E-state index < -0.39 is 18.2 Å². The second kappa shape index (κ2) is 10.5. The average molecular weight is 457 g/mol. The predicted octanol–water partition coefficient (Wildman–Crippen LogP) is 6.38. The van der Waals surface area contributed by atoms with E-state index in [0.29, 0.717) is 17.5 Å². The van der Waals surface area contributed by atoms with Crippen LogP contribution >= 0.6 is 0 Å². The van der Waals surface area contributed by atoms with Crippen LogP contribution in [0.4, 0.5) is 0 Å². The number of hydrogen-bond donors (Lipinski definition) is 0. The van der Waals surface area contributed by atoms with Crippen LogP contribution in [-0.4, -0.2) is 18.2 Å². The molecule has 0 spiro atoms. The fourth-order valence-electron chi connectivity index (χ4n) is 4.04. The van der Waals surface area contributed by atoms with Crippen LogP contribution in [0.2, 0.25) is 0 Å². The monoisotopic (exact) mass is 456 g/mol. The summed E-state index contributed by atoms with van der Waals surface area (Å²) in [6.07, 6.45) is -0.756. The zero-order chi connectivity index (χ0) is 25.2. The van der Waals surface area contributed by atoms with Crippen LogP contribution in [0.1, 0.15) is 89.7 Å². The van der Waals surface area contributed by atoms with Crippen molar-refractivity contribution >= 4 is 11.9 Å². The number of rotatable bonds is 7. The lowest BCUT2D eigenvalue weighted by Gasteiger charge is -2.19. The second-order valence-electron chi connectivity index (χ2n) is 8.77. The molecule has 0 N–H and O–H groups in total. The van der Waals surface area contributed by atoms with Crippen molar-refractivity contribution in [3.05, 3.63) is 66.8 Å². The maximum atomic E-state index is 12.8. The van der Waals surface area contributed by atoms with Gasteiger partial charge in [0.1, 0.15) is 0 Å². The van der Waals surface area contributed by atoms with Crippen molar-refractivity contribution in [3.8, 4) is 0 Å². The molecule has 0 aromatic heterocycles. The highest BCUT2D eigenvalue weighted by Crippen LogP contribution is 2.28. The molecule has 0 amide bonds. The van der Waals surface area contributed by atoms with Gasteiger partial charge in [-0.2, -0.15) is 0 Å². The molecule has 0 heterocycles. The molecule has 0 fully saturated rings. The van der Waals surface area contributed by atoms with Crippen LogP contribution in [0.15, 0.2) is 0 Å². The van der Waals surface area contributed by atoms with Crippen molar-refractivity contribution in [3.63, 3.8) is 0 Å². The largest absolute Gasteiger partial charge is 0.373 e. The first-order chi connectivity index (χ1) is 15.3. The molecule has 0 saturated carbocycles. The summed E-state index contributed by atoms with van der Waals surface area (Å²) in [6, 6.07) is 0. The topological polar surface area (TPSA) is 71.1 Å². The fraction of sp³-hybridized carbons (Fsp3) is 0.481. The first kappa shape index (κ1) is 26.6. The lowest BCUT2D eigenvalue weighted by Crippen LogP contribution is -2.23. The predicted molar refractivity (Wildman–Crippen MR) is 127 cm³/mol. The van der Waals surface area contributed by atoms with E-state index in [4.69, 9.17) is 19.6 Å². The third-order valence-corrected chi connectivity index (χ3v) is 7.20. The van der Waals surface area contributed by atoms with Crippen LogP contribution in [0.5, 0.6) is 0 Å². The molecule has 0 aliphatic rings. The van der Waals surface area contributed by atoms with E-state index in [1.54, 1.807) is 6.92 Å². The first-order valence-electron chi connectivity index (χ1n) is 11.2.